The highest BCUT2D eigenvalue weighted by atomic mass is 16.7. The summed E-state index contributed by atoms with van der Waals surface area (Å²) in [6.45, 7) is 26.4. The first-order chi connectivity index (χ1) is 42.1. The second-order valence-corrected chi connectivity index (χ2v) is 28.8. The van der Waals surface area contributed by atoms with Gasteiger partial charge in [0.15, 0.2) is 25.0 Å². The fraction of sp³-hybridized carbons (Fsp3) is 0.689. The van der Waals surface area contributed by atoms with Gasteiger partial charge in [-0.05, 0) is 159 Å². The van der Waals surface area contributed by atoms with Gasteiger partial charge in [-0.25, -0.2) is 14.4 Å². The summed E-state index contributed by atoms with van der Waals surface area (Å²) in [4.78, 5) is 69.5. The maximum absolute atomic E-state index is 14.5. The van der Waals surface area contributed by atoms with E-state index in [1.165, 1.54) is 0 Å². The Morgan fingerprint density at radius 3 is 1.74 bits per heavy atom. The van der Waals surface area contributed by atoms with Crippen LogP contribution in [0.4, 0.5) is 0 Å². The van der Waals surface area contributed by atoms with E-state index in [0.29, 0.717) is 72.0 Å². The quantitative estimate of drug-likeness (QED) is 0.0561. The van der Waals surface area contributed by atoms with Crippen molar-refractivity contribution < 1.29 is 66.6 Å². The molecule has 4 saturated carbocycles. The van der Waals surface area contributed by atoms with Gasteiger partial charge >= 0.3 is 17.9 Å². The van der Waals surface area contributed by atoms with Crippen LogP contribution in [0.15, 0.2) is 91.0 Å². The first-order valence-corrected chi connectivity index (χ1v) is 33.8. The minimum absolute atomic E-state index is 0.00488. The normalized spacial score (nSPS) is 39.6. The molecule has 3 aromatic carbocycles. The average Bonchev–Trinajstić information content (AvgIpc) is 1.45. The van der Waals surface area contributed by atoms with Gasteiger partial charge in [-0.1, -0.05) is 138 Å². The number of Topliss-reactive ketones (excluding diaryl/α,β-unsaturated/α-hetero) is 2. The lowest BCUT2D eigenvalue weighted by Crippen LogP contribution is -2.57. The predicted molar refractivity (Wildman–Crippen MR) is 333 cm³/mol. The van der Waals surface area contributed by atoms with E-state index in [1.807, 2.05) is 58.0 Å². The topological polar surface area (TPSA) is 168 Å². The van der Waals surface area contributed by atoms with Crippen molar-refractivity contribution in [1.82, 2.24) is 0 Å². The Labute approximate surface area is 524 Å². The van der Waals surface area contributed by atoms with Crippen molar-refractivity contribution in [3.63, 3.8) is 0 Å². The summed E-state index contributed by atoms with van der Waals surface area (Å²) in [6.07, 6.45) is 4.93. The van der Waals surface area contributed by atoms with E-state index < -0.39 is 61.0 Å². The van der Waals surface area contributed by atoms with Crippen LogP contribution in [-0.2, 0) is 52.2 Å². The van der Waals surface area contributed by atoms with Gasteiger partial charge in [0.2, 0.25) is 0 Å². The van der Waals surface area contributed by atoms with Crippen molar-refractivity contribution in [2.75, 3.05) is 13.2 Å². The van der Waals surface area contributed by atoms with Crippen LogP contribution in [0.2, 0.25) is 0 Å². The van der Waals surface area contributed by atoms with Crippen LogP contribution in [-0.4, -0.2) is 104 Å². The average molecular weight is 1220 g/mol. The van der Waals surface area contributed by atoms with Gasteiger partial charge in [-0.3, -0.25) is 9.59 Å². The third-order valence-corrected chi connectivity index (χ3v) is 23.7. The second kappa shape index (κ2) is 28.4. The van der Waals surface area contributed by atoms with Gasteiger partial charge in [0, 0.05) is 42.4 Å². The van der Waals surface area contributed by atoms with Gasteiger partial charge < -0.3 is 42.6 Å². The molecule has 7 aliphatic rings. The van der Waals surface area contributed by atoms with E-state index in [2.05, 4.69) is 55.4 Å². The van der Waals surface area contributed by atoms with E-state index in [9.17, 15) is 24.0 Å². The number of hydrogen-bond donors (Lipinski definition) is 0. The van der Waals surface area contributed by atoms with Crippen LogP contribution in [0.1, 0.15) is 191 Å². The maximum Gasteiger partial charge on any atom is 0.338 e. The molecule has 0 N–H and O–H groups in total. The van der Waals surface area contributed by atoms with E-state index >= 15 is 0 Å². The lowest BCUT2D eigenvalue weighted by Gasteiger charge is -2.61. The van der Waals surface area contributed by atoms with Gasteiger partial charge in [0.25, 0.3) is 0 Å². The largest absolute Gasteiger partial charge is 0.459 e. The zero-order valence-corrected chi connectivity index (χ0v) is 54.6. The molecule has 3 heterocycles. The third-order valence-electron chi connectivity index (χ3n) is 23.7. The molecule has 14 unspecified atom stereocenters. The Bertz CT molecular complexity index is 2830. The van der Waals surface area contributed by atoms with Crippen molar-refractivity contribution in [2.24, 2.45) is 87.8 Å². The Hall–Kier alpha value is -4.83. The Morgan fingerprint density at radius 2 is 1.11 bits per heavy atom. The summed E-state index contributed by atoms with van der Waals surface area (Å²) < 4.78 is 59.2. The Balaban J connectivity index is 0.745. The van der Waals surface area contributed by atoms with Crippen molar-refractivity contribution >= 4 is 29.5 Å². The van der Waals surface area contributed by atoms with Crippen molar-refractivity contribution in [1.29, 1.82) is 0 Å². The first kappa shape index (κ1) is 66.1. The number of benzene rings is 3. The van der Waals surface area contributed by atoms with Gasteiger partial charge in [0.05, 0.1) is 47.7 Å². The standard InChI is InChI=1S/C74H102O14/c1-13-60-44(5)43(4)46(7)71(83-60)88-64-45(6)47(8)70(85-62(64)41-80-67(77)50-24-18-15-19-25-50)82-54-34-36-73(11)53(38-54)31-32-55-56(73)35-37-74(12)57(55)39-59(76)63(74)48(9)58(75)33-30-42(3)40-81-72-66(87-69(79)52-28-22-17-23-29-52)65(49(10)61(14-2)84-72)86-68(78)51-26-20-16-21-27-51/h15-29,42-49,53-57,60-66,70-72H,13-14,30-41H2,1-12H3/t42-,43-,44-,45+,46?,47?,48+,49-,53?,54?,55?,56?,57?,60?,61?,62?,63?,64-,65-,66?,70+,71-,72+,73?,74?/m0/s1. The highest BCUT2D eigenvalue weighted by molar-refractivity contribution is 5.92. The van der Waals surface area contributed by atoms with E-state index in [-0.39, 0.29) is 101 Å². The Kier molecular flexibility index (Phi) is 21.3. The minimum atomic E-state index is -1.06. The van der Waals surface area contributed by atoms with Crippen LogP contribution in [0.5, 0.6) is 0 Å². The molecule has 7 fully saturated rings. The lowest BCUT2D eigenvalue weighted by molar-refractivity contribution is -0.333. The minimum Gasteiger partial charge on any atom is -0.459 e. The molecular formula is C74H102O14. The molecule has 482 valence electrons. The van der Waals surface area contributed by atoms with E-state index in [4.69, 9.17) is 42.6 Å². The van der Waals surface area contributed by atoms with Crippen LogP contribution in [0.3, 0.4) is 0 Å². The summed E-state index contributed by atoms with van der Waals surface area (Å²) >= 11 is 0. The molecule has 14 nitrogen and oxygen atoms in total. The number of hydrogen-bond acceptors (Lipinski definition) is 14. The highest BCUT2D eigenvalue weighted by Crippen LogP contribution is 2.68. The first-order valence-electron chi connectivity index (χ1n) is 33.8. The number of carbonyl (C=O) groups is 5. The van der Waals surface area contributed by atoms with Gasteiger partial charge in [-0.2, -0.15) is 0 Å². The molecule has 10 rings (SSSR count). The van der Waals surface area contributed by atoms with Gasteiger partial charge in [-0.15, -0.1) is 0 Å². The molecule has 3 aliphatic heterocycles. The SMILES string of the molecule is CCC1O[C@@H](O[C@@H]2C(COC(=O)c3ccccc3)O[C@@H](OC3CCC4(C)C(CCC5C4CCC4(C)C5CC(=O)C4[C@H](C)C(=O)CC[C@H](C)CO[C@@H]4OC(CC)[C@H](C)[C@H](OC(=O)c5ccccc5)C4OC(=O)c4ccccc4)C3)C(C)[C@H]2C)C(C)[C@@H](C)[C@@H]1C. The molecule has 0 bridgehead atoms. The van der Waals surface area contributed by atoms with Crippen molar-refractivity contribution in [2.45, 2.75) is 222 Å². The summed E-state index contributed by atoms with van der Waals surface area (Å²) in [5.74, 6) is 0.377. The monoisotopic (exact) mass is 1210 g/mol. The molecule has 0 radical (unpaired) electrons. The molecule has 3 aromatic rings. The van der Waals surface area contributed by atoms with Crippen molar-refractivity contribution in [3.05, 3.63) is 108 Å². The molecule has 0 spiro atoms. The van der Waals surface area contributed by atoms with Crippen LogP contribution in [0.25, 0.3) is 0 Å². The molecule has 0 amide bonds. The maximum atomic E-state index is 14.5. The van der Waals surface area contributed by atoms with Gasteiger partial charge in [0.1, 0.15) is 30.4 Å². The van der Waals surface area contributed by atoms with Crippen LogP contribution >= 0.6 is 0 Å². The second-order valence-electron chi connectivity index (χ2n) is 28.8. The summed E-state index contributed by atoms with van der Waals surface area (Å²) in [7, 11) is 0. The summed E-state index contributed by atoms with van der Waals surface area (Å²) in [5.41, 5.74) is 1.09. The fourth-order valence-electron chi connectivity index (χ4n) is 17.7. The zero-order valence-electron chi connectivity index (χ0n) is 54.6. The smallest absolute Gasteiger partial charge is 0.338 e. The molecule has 0 aromatic heterocycles. The summed E-state index contributed by atoms with van der Waals surface area (Å²) in [5, 5.41) is 0. The molecule has 4 aliphatic carbocycles. The third kappa shape index (κ3) is 13.7. The number of ether oxygens (including phenoxy) is 9. The molecule has 25 atom stereocenters. The fourth-order valence-corrected chi connectivity index (χ4v) is 17.7. The summed E-state index contributed by atoms with van der Waals surface area (Å²) in [6, 6.07) is 26.5. The van der Waals surface area contributed by atoms with Crippen molar-refractivity contribution in [3.8, 4) is 0 Å². The zero-order chi connectivity index (χ0) is 62.8. The number of fused-ring (bicyclic) bond motifs is 5. The van der Waals surface area contributed by atoms with Crippen LogP contribution < -0.4 is 0 Å². The number of carbonyl (C=O) groups excluding carboxylic acids is 5. The number of rotatable bonds is 21. The van der Waals surface area contributed by atoms with E-state index in [1.54, 1.807) is 60.7 Å². The van der Waals surface area contributed by atoms with Crippen LogP contribution in [0, 0.1) is 87.8 Å². The number of ketones is 2. The molecular weight excluding hydrogens is 1110 g/mol. The lowest BCUT2D eigenvalue weighted by atomic mass is 9.44. The van der Waals surface area contributed by atoms with E-state index in [0.717, 1.165) is 51.4 Å². The highest BCUT2D eigenvalue weighted by Gasteiger charge is 2.64. The molecule has 14 heteroatoms. The molecule has 3 saturated heterocycles. The predicted octanol–water partition coefficient (Wildman–Crippen LogP) is 14.4. The Morgan fingerprint density at radius 1 is 0.568 bits per heavy atom. The molecule has 88 heavy (non-hydrogen) atoms. The number of esters is 3.